The number of amides is 4. The van der Waals surface area contributed by atoms with Crippen LogP contribution in [-0.2, 0) is 19.1 Å². The average molecular weight is 257 g/mol. The average Bonchev–Trinajstić information content (AvgIpc) is 2.61. The van der Waals surface area contributed by atoms with E-state index in [9.17, 15) is 19.2 Å². The number of esters is 1. The van der Waals surface area contributed by atoms with E-state index < -0.39 is 23.8 Å². The van der Waals surface area contributed by atoms with E-state index in [4.69, 9.17) is 0 Å². The lowest BCUT2D eigenvalue weighted by Crippen LogP contribution is -2.41. The molecule has 0 aromatic carbocycles. The van der Waals surface area contributed by atoms with E-state index in [-0.39, 0.29) is 32.7 Å². The highest BCUT2D eigenvalue weighted by atomic mass is 16.5. The van der Waals surface area contributed by atoms with Gasteiger partial charge in [0.25, 0.3) is 5.91 Å². The minimum absolute atomic E-state index is 0.0553. The maximum absolute atomic E-state index is 11.4. The van der Waals surface area contributed by atoms with Crippen molar-refractivity contribution < 1.29 is 23.9 Å². The van der Waals surface area contributed by atoms with E-state index in [2.05, 4.69) is 15.4 Å². The van der Waals surface area contributed by atoms with E-state index in [0.717, 1.165) is 4.90 Å². The van der Waals surface area contributed by atoms with Gasteiger partial charge in [-0.1, -0.05) is 0 Å². The summed E-state index contributed by atoms with van der Waals surface area (Å²) in [6.07, 6.45) is 0.0553. The van der Waals surface area contributed by atoms with Crippen LogP contribution >= 0.6 is 0 Å². The fraction of sp³-hybridized carbons (Fsp3) is 0.600. The SMILES string of the molecule is CCOC(=O)CCNC(=O)CN1C(=O)CNC1=O. The van der Waals surface area contributed by atoms with Crippen molar-refractivity contribution in [2.45, 2.75) is 13.3 Å². The Labute approximate surface area is 104 Å². The van der Waals surface area contributed by atoms with Crippen LogP contribution in [0, 0.1) is 0 Å². The second kappa shape index (κ2) is 6.58. The molecule has 1 heterocycles. The van der Waals surface area contributed by atoms with Crippen LogP contribution in [0.25, 0.3) is 0 Å². The summed E-state index contributed by atoms with van der Waals surface area (Å²) in [6, 6.07) is -0.583. The van der Waals surface area contributed by atoms with Gasteiger partial charge in [0, 0.05) is 6.54 Å². The predicted octanol–water partition coefficient (Wildman–Crippen LogP) is -1.39. The monoisotopic (exact) mass is 257 g/mol. The van der Waals surface area contributed by atoms with Crippen molar-refractivity contribution in [3.8, 4) is 0 Å². The van der Waals surface area contributed by atoms with E-state index in [1.165, 1.54) is 0 Å². The number of ether oxygens (including phenoxy) is 1. The largest absolute Gasteiger partial charge is 0.466 e. The molecule has 2 N–H and O–H groups in total. The molecule has 0 atom stereocenters. The molecule has 0 aromatic rings. The van der Waals surface area contributed by atoms with Gasteiger partial charge >= 0.3 is 12.0 Å². The maximum atomic E-state index is 11.4. The summed E-state index contributed by atoms with van der Waals surface area (Å²) >= 11 is 0. The fourth-order valence-corrected chi connectivity index (χ4v) is 1.35. The predicted molar refractivity (Wildman–Crippen MR) is 59.4 cm³/mol. The van der Waals surface area contributed by atoms with Crippen molar-refractivity contribution in [1.82, 2.24) is 15.5 Å². The third-order valence-electron chi connectivity index (χ3n) is 2.20. The smallest absolute Gasteiger partial charge is 0.325 e. The number of rotatable bonds is 6. The standard InChI is InChI=1S/C10H15N3O5/c1-2-18-9(16)3-4-11-7(14)6-13-8(15)5-12-10(13)17/h2-6H2,1H3,(H,11,14)(H,12,17). The zero-order chi connectivity index (χ0) is 13.5. The van der Waals surface area contributed by atoms with Crippen molar-refractivity contribution in [2.24, 2.45) is 0 Å². The topological polar surface area (TPSA) is 105 Å². The molecule has 18 heavy (non-hydrogen) atoms. The Bertz CT molecular complexity index is 353. The summed E-state index contributed by atoms with van der Waals surface area (Å²) in [7, 11) is 0. The Morgan fingerprint density at radius 2 is 2.17 bits per heavy atom. The number of nitrogens with one attached hydrogen (secondary N) is 2. The molecule has 0 radical (unpaired) electrons. The first-order chi connectivity index (χ1) is 8.54. The van der Waals surface area contributed by atoms with Crippen LogP contribution in [0.2, 0.25) is 0 Å². The molecule has 1 aliphatic heterocycles. The third-order valence-corrected chi connectivity index (χ3v) is 2.20. The Morgan fingerprint density at radius 1 is 1.44 bits per heavy atom. The number of carbonyl (C=O) groups excluding carboxylic acids is 4. The zero-order valence-electron chi connectivity index (χ0n) is 10.0. The van der Waals surface area contributed by atoms with E-state index >= 15 is 0 Å². The van der Waals surface area contributed by atoms with E-state index in [1.54, 1.807) is 6.92 Å². The normalized spacial score (nSPS) is 14.4. The van der Waals surface area contributed by atoms with Crippen molar-refractivity contribution >= 4 is 23.8 Å². The van der Waals surface area contributed by atoms with E-state index in [1.807, 2.05) is 0 Å². The summed E-state index contributed by atoms with van der Waals surface area (Å²) in [6.45, 7) is 1.66. The number of imide groups is 1. The number of urea groups is 1. The van der Waals surface area contributed by atoms with Crippen LogP contribution < -0.4 is 10.6 Å². The van der Waals surface area contributed by atoms with Gasteiger partial charge in [-0.15, -0.1) is 0 Å². The van der Waals surface area contributed by atoms with Crippen LogP contribution in [0.3, 0.4) is 0 Å². The molecule has 0 aromatic heterocycles. The van der Waals surface area contributed by atoms with Gasteiger partial charge in [0.1, 0.15) is 6.54 Å². The minimum atomic E-state index is -0.583. The summed E-state index contributed by atoms with van der Waals surface area (Å²) in [5.41, 5.74) is 0. The molecule has 0 bridgehead atoms. The number of hydrogen-bond donors (Lipinski definition) is 2. The van der Waals surface area contributed by atoms with Crippen molar-refractivity contribution in [1.29, 1.82) is 0 Å². The third kappa shape index (κ3) is 4.04. The van der Waals surface area contributed by atoms with Crippen molar-refractivity contribution in [2.75, 3.05) is 26.2 Å². The van der Waals surface area contributed by atoms with Gasteiger partial charge in [-0.2, -0.15) is 0 Å². The summed E-state index contributed by atoms with van der Waals surface area (Å²) in [5.74, 6) is -1.35. The molecule has 4 amide bonds. The first kappa shape index (κ1) is 13.9. The van der Waals surface area contributed by atoms with Crippen LogP contribution in [0.5, 0.6) is 0 Å². The van der Waals surface area contributed by atoms with Gasteiger partial charge in [-0.05, 0) is 6.92 Å². The molecular formula is C10H15N3O5. The molecule has 100 valence electrons. The summed E-state index contributed by atoms with van der Waals surface area (Å²) in [5, 5.41) is 4.73. The minimum Gasteiger partial charge on any atom is -0.466 e. The maximum Gasteiger partial charge on any atom is 0.325 e. The van der Waals surface area contributed by atoms with E-state index in [0.29, 0.717) is 0 Å². The molecule has 1 rings (SSSR count). The van der Waals surface area contributed by atoms with Crippen LogP contribution in [0.15, 0.2) is 0 Å². The Morgan fingerprint density at radius 3 is 2.72 bits per heavy atom. The number of hydrogen-bond acceptors (Lipinski definition) is 5. The first-order valence-corrected chi connectivity index (χ1v) is 5.55. The van der Waals surface area contributed by atoms with Crippen molar-refractivity contribution in [3.05, 3.63) is 0 Å². The highest BCUT2D eigenvalue weighted by Gasteiger charge is 2.29. The summed E-state index contributed by atoms with van der Waals surface area (Å²) < 4.78 is 4.67. The lowest BCUT2D eigenvalue weighted by molar-refractivity contribution is -0.143. The lowest BCUT2D eigenvalue weighted by Gasteiger charge is -2.11. The fourth-order valence-electron chi connectivity index (χ4n) is 1.35. The molecule has 8 nitrogen and oxygen atoms in total. The zero-order valence-corrected chi connectivity index (χ0v) is 10.0. The Kier molecular flexibility index (Phi) is 5.09. The summed E-state index contributed by atoms with van der Waals surface area (Å²) in [4.78, 5) is 45.5. The van der Waals surface area contributed by atoms with Gasteiger partial charge in [0.2, 0.25) is 5.91 Å². The van der Waals surface area contributed by atoms with Crippen LogP contribution in [0.1, 0.15) is 13.3 Å². The number of nitrogens with zero attached hydrogens (tertiary/aromatic N) is 1. The molecule has 8 heteroatoms. The Balaban J connectivity index is 2.23. The van der Waals surface area contributed by atoms with Crippen LogP contribution in [-0.4, -0.2) is 55.0 Å². The Hall–Kier alpha value is -2.12. The molecule has 1 aliphatic rings. The second-order valence-electron chi connectivity index (χ2n) is 3.54. The second-order valence-corrected chi connectivity index (χ2v) is 3.54. The number of carbonyl (C=O) groups is 4. The molecule has 1 fully saturated rings. The van der Waals surface area contributed by atoms with Gasteiger partial charge in [0.15, 0.2) is 0 Å². The molecule has 0 spiro atoms. The molecule has 0 unspecified atom stereocenters. The molecule has 0 aliphatic carbocycles. The molecule has 0 saturated carbocycles. The molecule has 1 saturated heterocycles. The van der Waals surface area contributed by atoms with Gasteiger partial charge < -0.3 is 15.4 Å². The highest BCUT2D eigenvalue weighted by molar-refractivity contribution is 6.04. The van der Waals surface area contributed by atoms with Gasteiger partial charge in [-0.3, -0.25) is 19.3 Å². The highest BCUT2D eigenvalue weighted by Crippen LogP contribution is 1.97. The quantitative estimate of drug-likeness (QED) is 0.450. The van der Waals surface area contributed by atoms with Crippen molar-refractivity contribution in [3.63, 3.8) is 0 Å². The first-order valence-electron chi connectivity index (χ1n) is 5.55. The van der Waals surface area contributed by atoms with Gasteiger partial charge in [0.05, 0.1) is 19.6 Å². The van der Waals surface area contributed by atoms with Crippen LogP contribution in [0.4, 0.5) is 4.79 Å². The van der Waals surface area contributed by atoms with Gasteiger partial charge in [-0.25, -0.2) is 4.79 Å². The molecular weight excluding hydrogens is 242 g/mol. The lowest BCUT2D eigenvalue weighted by atomic mass is 10.4.